The van der Waals surface area contributed by atoms with Crippen molar-refractivity contribution in [1.82, 2.24) is 4.98 Å². The molecule has 0 fully saturated rings. The third-order valence-electron chi connectivity index (χ3n) is 2.62. The van der Waals surface area contributed by atoms with E-state index in [1.807, 2.05) is 0 Å². The zero-order valence-corrected chi connectivity index (χ0v) is 12.2. The molecule has 21 heavy (non-hydrogen) atoms. The van der Waals surface area contributed by atoms with Crippen LogP contribution in [0.3, 0.4) is 0 Å². The van der Waals surface area contributed by atoms with Crippen LogP contribution in [0.2, 0.25) is 10.0 Å². The van der Waals surface area contributed by atoms with Crippen LogP contribution in [0, 0.1) is 0 Å². The van der Waals surface area contributed by atoms with E-state index in [0.29, 0.717) is 10.8 Å². The molecule has 0 atom stereocenters. The zero-order chi connectivity index (χ0) is 15.6. The highest BCUT2D eigenvalue weighted by molar-refractivity contribution is 6.37. The van der Waals surface area contributed by atoms with Gasteiger partial charge in [0.1, 0.15) is 5.82 Å². The van der Waals surface area contributed by atoms with Crippen molar-refractivity contribution in [1.29, 1.82) is 0 Å². The van der Waals surface area contributed by atoms with E-state index in [0.717, 1.165) is 12.1 Å². The van der Waals surface area contributed by atoms with Gasteiger partial charge in [-0.1, -0.05) is 29.3 Å². The summed E-state index contributed by atoms with van der Waals surface area (Å²) in [5.41, 5.74) is -0.532. The van der Waals surface area contributed by atoms with Crippen molar-refractivity contribution >= 4 is 40.5 Å². The molecule has 0 aliphatic heterocycles. The quantitative estimate of drug-likeness (QED) is 0.810. The summed E-state index contributed by atoms with van der Waals surface area (Å²) in [6.45, 7) is 0. The number of aromatic nitrogens is 1. The van der Waals surface area contributed by atoms with Crippen molar-refractivity contribution in [2.45, 2.75) is 6.18 Å². The van der Waals surface area contributed by atoms with Gasteiger partial charge in [0.25, 0.3) is 0 Å². The van der Waals surface area contributed by atoms with Gasteiger partial charge >= 0.3 is 6.18 Å². The molecule has 2 N–H and O–H groups in total. The van der Waals surface area contributed by atoms with Crippen LogP contribution >= 0.6 is 23.2 Å². The Morgan fingerprint density at radius 1 is 1.05 bits per heavy atom. The first kappa shape index (κ1) is 15.7. The minimum absolute atomic E-state index is 0.205. The predicted molar refractivity (Wildman–Crippen MR) is 78.5 cm³/mol. The van der Waals surface area contributed by atoms with Gasteiger partial charge in [-0.15, -0.1) is 0 Å². The SMILES string of the molecule is CNc1nc(Nc2cccc(C(F)(F)F)c2)c(Cl)cc1Cl. The molecule has 0 saturated carbocycles. The first-order chi connectivity index (χ1) is 9.81. The van der Waals surface area contributed by atoms with Crippen LogP contribution in [0.15, 0.2) is 30.3 Å². The van der Waals surface area contributed by atoms with Gasteiger partial charge in [-0.25, -0.2) is 4.98 Å². The van der Waals surface area contributed by atoms with E-state index in [1.165, 1.54) is 18.2 Å². The number of hydrogen-bond acceptors (Lipinski definition) is 3. The second kappa shape index (κ2) is 5.99. The van der Waals surface area contributed by atoms with Crippen LogP contribution in [0.25, 0.3) is 0 Å². The Balaban J connectivity index is 2.34. The van der Waals surface area contributed by atoms with E-state index in [2.05, 4.69) is 15.6 Å². The van der Waals surface area contributed by atoms with Gasteiger partial charge in [-0.2, -0.15) is 13.2 Å². The minimum atomic E-state index is -4.41. The van der Waals surface area contributed by atoms with E-state index in [-0.39, 0.29) is 16.5 Å². The predicted octanol–water partition coefficient (Wildman–Crippen LogP) is 5.19. The Hall–Kier alpha value is -1.66. The summed E-state index contributed by atoms with van der Waals surface area (Å²) in [7, 11) is 1.62. The second-order valence-electron chi connectivity index (χ2n) is 4.10. The molecule has 8 heteroatoms. The maximum absolute atomic E-state index is 12.7. The molecule has 0 amide bonds. The summed E-state index contributed by atoms with van der Waals surface area (Å²) < 4.78 is 38.0. The second-order valence-corrected chi connectivity index (χ2v) is 4.92. The molecule has 1 aromatic carbocycles. The van der Waals surface area contributed by atoms with Crippen LogP contribution in [0.4, 0.5) is 30.5 Å². The van der Waals surface area contributed by atoms with Crippen molar-refractivity contribution in [2.75, 3.05) is 17.7 Å². The van der Waals surface area contributed by atoms with E-state index in [9.17, 15) is 13.2 Å². The highest BCUT2D eigenvalue weighted by atomic mass is 35.5. The Morgan fingerprint density at radius 2 is 1.71 bits per heavy atom. The number of benzene rings is 1. The van der Waals surface area contributed by atoms with Gasteiger partial charge in [0.2, 0.25) is 0 Å². The number of alkyl halides is 3. The standard InChI is InChI=1S/C13H10Cl2F3N3/c1-19-11-9(14)6-10(15)12(21-11)20-8-4-2-3-7(5-8)13(16,17)18/h2-6H,1H3,(H2,19,20,21). The molecule has 0 spiro atoms. The molecule has 2 aromatic rings. The number of pyridine rings is 1. The molecule has 0 aliphatic rings. The maximum Gasteiger partial charge on any atom is 0.416 e. The van der Waals surface area contributed by atoms with E-state index in [1.54, 1.807) is 7.05 Å². The maximum atomic E-state index is 12.7. The highest BCUT2D eigenvalue weighted by Crippen LogP contribution is 2.33. The molecule has 112 valence electrons. The number of nitrogens with one attached hydrogen (secondary N) is 2. The smallest absolute Gasteiger partial charge is 0.372 e. The Bertz CT molecular complexity index is 660. The van der Waals surface area contributed by atoms with E-state index in [4.69, 9.17) is 23.2 Å². The summed E-state index contributed by atoms with van der Waals surface area (Å²) in [4.78, 5) is 4.11. The average Bonchev–Trinajstić information content (AvgIpc) is 2.41. The third kappa shape index (κ3) is 3.71. The summed E-state index contributed by atoms with van der Waals surface area (Å²) in [6.07, 6.45) is -4.41. The Morgan fingerprint density at radius 3 is 2.33 bits per heavy atom. The molecule has 0 bridgehead atoms. The lowest BCUT2D eigenvalue weighted by Gasteiger charge is -2.12. The number of anilines is 3. The molecule has 0 saturated heterocycles. The average molecular weight is 336 g/mol. The van der Waals surface area contributed by atoms with E-state index >= 15 is 0 Å². The van der Waals surface area contributed by atoms with Crippen molar-refractivity contribution in [3.8, 4) is 0 Å². The van der Waals surface area contributed by atoms with Gasteiger partial charge in [0, 0.05) is 12.7 Å². The molecule has 0 aliphatic carbocycles. The van der Waals surface area contributed by atoms with Crippen LogP contribution in [-0.4, -0.2) is 12.0 Å². The van der Waals surface area contributed by atoms with Gasteiger partial charge < -0.3 is 10.6 Å². The molecular weight excluding hydrogens is 326 g/mol. The molecule has 3 nitrogen and oxygen atoms in total. The van der Waals surface area contributed by atoms with Crippen molar-refractivity contribution < 1.29 is 13.2 Å². The molecule has 1 aromatic heterocycles. The first-order valence-corrected chi connectivity index (χ1v) is 6.55. The summed E-state index contributed by atoms with van der Waals surface area (Å²) in [6, 6.07) is 6.21. The van der Waals surface area contributed by atoms with Crippen LogP contribution in [0.1, 0.15) is 5.56 Å². The number of halogens is 5. The molecule has 0 unspecified atom stereocenters. The molecule has 2 rings (SSSR count). The summed E-state index contributed by atoms with van der Waals surface area (Å²) >= 11 is 11.9. The topological polar surface area (TPSA) is 37.0 Å². The Kier molecular flexibility index (Phi) is 4.49. The van der Waals surface area contributed by atoms with Gasteiger partial charge in [0.15, 0.2) is 5.82 Å². The minimum Gasteiger partial charge on any atom is -0.372 e. The fourth-order valence-electron chi connectivity index (χ4n) is 1.64. The lowest BCUT2D eigenvalue weighted by Crippen LogP contribution is -2.05. The number of rotatable bonds is 3. The number of nitrogens with zero attached hydrogens (tertiary/aromatic N) is 1. The lowest BCUT2D eigenvalue weighted by atomic mass is 10.2. The third-order valence-corrected chi connectivity index (χ3v) is 3.20. The fraction of sp³-hybridized carbons (Fsp3) is 0.154. The van der Waals surface area contributed by atoms with E-state index < -0.39 is 11.7 Å². The zero-order valence-electron chi connectivity index (χ0n) is 10.7. The molecular formula is C13H10Cl2F3N3. The largest absolute Gasteiger partial charge is 0.416 e. The van der Waals surface area contributed by atoms with Crippen molar-refractivity contribution in [3.63, 3.8) is 0 Å². The summed E-state index contributed by atoms with van der Waals surface area (Å²) in [5.74, 6) is 0.584. The Labute approximate surface area is 129 Å². The fourth-order valence-corrected chi connectivity index (χ4v) is 2.14. The molecule has 1 heterocycles. The van der Waals surface area contributed by atoms with Crippen LogP contribution in [0.5, 0.6) is 0 Å². The van der Waals surface area contributed by atoms with Crippen LogP contribution < -0.4 is 10.6 Å². The first-order valence-electron chi connectivity index (χ1n) is 5.79. The monoisotopic (exact) mass is 335 g/mol. The van der Waals surface area contributed by atoms with Gasteiger partial charge in [0.05, 0.1) is 15.6 Å². The highest BCUT2D eigenvalue weighted by Gasteiger charge is 2.30. The van der Waals surface area contributed by atoms with Crippen molar-refractivity contribution in [2.24, 2.45) is 0 Å². The van der Waals surface area contributed by atoms with Gasteiger partial charge in [-0.05, 0) is 24.3 Å². The summed E-state index contributed by atoms with van der Waals surface area (Å²) in [5, 5.41) is 6.03. The van der Waals surface area contributed by atoms with Crippen LogP contribution in [-0.2, 0) is 6.18 Å². The molecule has 0 radical (unpaired) electrons. The van der Waals surface area contributed by atoms with Gasteiger partial charge in [-0.3, -0.25) is 0 Å². The number of hydrogen-bond donors (Lipinski definition) is 2. The normalized spacial score (nSPS) is 11.3. The lowest BCUT2D eigenvalue weighted by molar-refractivity contribution is -0.137. The van der Waals surface area contributed by atoms with Crippen molar-refractivity contribution in [3.05, 3.63) is 45.9 Å².